The molecule has 1 aliphatic rings. The first-order chi connectivity index (χ1) is 8.79. The summed E-state index contributed by atoms with van der Waals surface area (Å²) >= 11 is 0. The number of aromatic nitrogens is 1. The van der Waals surface area contributed by atoms with Crippen LogP contribution in [0.2, 0.25) is 0 Å². The molecule has 106 valence electrons. The van der Waals surface area contributed by atoms with Gasteiger partial charge in [0.05, 0.1) is 6.54 Å². The summed E-state index contributed by atoms with van der Waals surface area (Å²) in [5.74, 6) is 0.989. The van der Waals surface area contributed by atoms with Crippen LogP contribution in [-0.4, -0.2) is 35.4 Å². The maximum atomic E-state index is 12.0. The molecule has 1 fully saturated rings. The number of hydrogen-bond acceptors (Lipinski definition) is 3. The summed E-state index contributed by atoms with van der Waals surface area (Å²) in [5.41, 5.74) is 1.13. The van der Waals surface area contributed by atoms with Gasteiger partial charge in [0.15, 0.2) is 0 Å². The fourth-order valence-corrected chi connectivity index (χ4v) is 1.90. The predicted molar refractivity (Wildman–Crippen MR) is 78.2 cm³/mol. The van der Waals surface area contributed by atoms with Gasteiger partial charge in [0.2, 0.25) is 5.91 Å². The molecule has 5 heteroatoms. The summed E-state index contributed by atoms with van der Waals surface area (Å²) in [6.45, 7) is 4.86. The van der Waals surface area contributed by atoms with Crippen LogP contribution in [-0.2, 0) is 11.3 Å². The average Bonchev–Trinajstić information content (AvgIpc) is 3.21. The number of halogens is 1. The van der Waals surface area contributed by atoms with Gasteiger partial charge < -0.3 is 10.2 Å². The first kappa shape index (κ1) is 15.9. The van der Waals surface area contributed by atoms with Crippen molar-refractivity contribution in [2.45, 2.75) is 26.3 Å². The Morgan fingerprint density at radius 2 is 2.11 bits per heavy atom. The van der Waals surface area contributed by atoms with E-state index in [0.717, 1.165) is 24.6 Å². The summed E-state index contributed by atoms with van der Waals surface area (Å²) in [7, 11) is 0. The number of nitrogens with one attached hydrogen (secondary N) is 1. The number of amides is 1. The lowest BCUT2D eigenvalue weighted by atomic mass is 10.2. The standard InChI is InChI=1S/C14H21N3O.ClH/c1-2-17(11-13-5-7-15-8-6-13)14(18)10-16-9-12-3-4-12;/h5-8,12,16H,2-4,9-11H2,1H3;1H. The molecule has 1 amide bonds. The minimum atomic E-state index is 0. The molecule has 1 aromatic rings. The molecular formula is C14H22ClN3O. The highest BCUT2D eigenvalue weighted by atomic mass is 35.5. The zero-order valence-corrected chi connectivity index (χ0v) is 12.2. The molecule has 1 saturated carbocycles. The van der Waals surface area contributed by atoms with Crippen molar-refractivity contribution in [3.63, 3.8) is 0 Å². The molecule has 0 spiro atoms. The van der Waals surface area contributed by atoms with Crippen molar-refractivity contribution >= 4 is 18.3 Å². The molecule has 0 aromatic carbocycles. The first-order valence-corrected chi connectivity index (χ1v) is 6.67. The van der Waals surface area contributed by atoms with Gasteiger partial charge in [0.1, 0.15) is 0 Å². The third-order valence-electron chi connectivity index (χ3n) is 3.26. The van der Waals surface area contributed by atoms with Gasteiger partial charge in [0.25, 0.3) is 0 Å². The number of pyridine rings is 1. The number of rotatable bonds is 7. The topological polar surface area (TPSA) is 45.2 Å². The van der Waals surface area contributed by atoms with Gasteiger partial charge in [-0.3, -0.25) is 9.78 Å². The number of carbonyl (C=O) groups excluding carboxylic acids is 1. The van der Waals surface area contributed by atoms with Crippen LogP contribution < -0.4 is 5.32 Å². The lowest BCUT2D eigenvalue weighted by molar-refractivity contribution is -0.130. The van der Waals surface area contributed by atoms with Crippen molar-refractivity contribution in [2.24, 2.45) is 5.92 Å². The van der Waals surface area contributed by atoms with E-state index in [9.17, 15) is 4.79 Å². The van der Waals surface area contributed by atoms with E-state index in [0.29, 0.717) is 13.1 Å². The Hall–Kier alpha value is -1.13. The molecule has 19 heavy (non-hydrogen) atoms. The maximum Gasteiger partial charge on any atom is 0.236 e. The zero-order valence-electron chi connectivity index (χ0n) is 11.3. The average molecular weight is 284 g/mol. The predicted octanol–water partition coefficient (Wildman–Crippen LogP) is 1.85. The summed E-state index contributed by atoms with van der Waals surface area (Å²) in [5, 5.41) is 3.24. The quantitative estimate of drug-likeness (QED) is 0.831. The molecule has 4 nitrogen and oxygen atoms in total. The van der Waals surface area contributed by atoms with Gasteiger partial charge in [-0.15, -0.1) is 12.4 Å². The fraction of sp³-hybridized carbons (Fsp3) is 0.571. The normalized spacial score (nSPS) is 13.7. The Balaban J connectivity index is 0.00000180. The molecule has 0 aliphatic heterocycles. The number of carbonyl (C=O) groups is 1. The van der Waals surface area contributed by atoms with E-state index in [4.69, 9.17) is 0 Å². The van der Waals surface area contributed by atoms with Crippen LogP contribution in [0.25, 0.3) is 0 Å². The van der Waals surface area contributed by atoms with Gasteiger partial charge in [0, 0.05) is 25.5 Å². The molecular weight excluding hydrogens is 262 g/mol. The maximum absolute atomic E-state index is 12.0. The molecule has 1 heterocycles. The second kappa shape index (κ2) is 8.12. The lowest BCUT2D eigenvalue weighted by Crippen LogP contribution is -2.38. The van der Waals surface area contributed by atoms with Gasteiger partial charge in [-0.2, -0.15) is 0 Å². The molecule has 0 radical (unpaired) electrons. The SMILES string of the molecule is CCN(Cc1ccncc1)C(=O)CNCC1CC1.Cl. The Bertz CT molecular complexity index is 382. The van der Waals surface area contributed by atoms with E-state index in [1.165, 1.54) is 12.8 Å². The number of likely N-dealkylation sites (N-methyl/N-ethyl adjacent to an activating group) is 1. The Kier molecular flexibility index (Phi) is 6.81. The van der Waals surface area contributed by atoms with Crippen LogP contribution >= 0.6 is 12.4 Å². The second-order valence-corrected chi connectivity index (χ2v) is 4.84. The minimum Gasteiger partial charge on any atom is -0.338 e. The highest BCUT2D eigenvalue weighted by Crippen LogP contribution is 2.27. The summed E-state index contributed by atoms with van der Waals surface area (Å²) < 4.78 is 0. The van der Waals surface area contributed by atoms with E-state index >= 15 is 0 Å². The smallest absolute Gasteiger partial charge is 0.236 e. The Labute approximate surface area is 121 Å². The number of hydrogen-bond donors (Lipinski definition) is 1. The lowest BCUT2D eigenvalue weighted by Gasteiger charge is -2.21. The molecule has 0 atom stereocenters. The summed E-state index contributed by atoms with van der Waals surface area (Å²) in [6, 6.07) is 3.90. The third kappa shape index (κ3) is 5.57. The fourth-order valence-electron chi connectivity index (χ4n) is 1.90. The van der Waals surface area contributed by atoms with E-state index in [1.807, 2.05) is 24.0 Å². The van der Waals surface area contributed by atoms with Crippen LogP contribution in [0.3, 0.4) is 0 Å². The van der Waals surface area contributed by atoms with E-state index < -0.39 is 0 Å². The van der Waals surface area contributed by atoms with E-state index in [-0.39, 0.29) is 18.3 Å². The van der Waals surface area contributed by atoms with Gasteiger partial charge >= 0.3 is 0 Å². The molecule has 2 rings (SSSR count). The van der Waals surface area contributed by atoms with Crippen molar-refractivity contribution < 1.29 is 4.79 Å². The van der Waals surface area contributed by atoms with Crippen molar-refractivity contribution in [1.29, 1.82) is 0 Å². The van der Waals surface area contributed by atoms with Gasteiger partial charge in [-0.1, -0.05) is 0 Å². The molecule has 1 aliphatic carbocycles. The van der Waals surface area contributed by atoms with Crippen LogP contribution in [0, 0.1) is 5.92 Å². The van der Waals surface area contributed by atoms with Crippen LogP contribution in [0.4, 0.5) is 0 Å². The van der Waals surface area contributed by atoms with Crippen LogP contribution in [0.15, 0.2) is 24.5 Å². The van der Waals surface area contributed by atoms with Crippen molar-refractivity contribution in [2.75, 3.05) is 19.6 Å². The summed E-state index contributed by atoms with van der Waals surface area (Å²) in [6.07, 6.45) is 6.16. The van der Waals surface area contributed by atoms with Crippen molar-refractivity contribution in [3.8, 4) is 0 Å². The number of nitrogens with zero attached hydrogens (tertiary/aromatic N) is 2. The molecule has 0 bridgehead atoms. The minimum absolute atomic E-state index is 0. The van der Waals surface area contributed by atoms with Gasteiger partial charge in [-0.05, 0) is 49.9 Å². The highest BCUT2D eigenvalue weighted by Gasteiger charge is 2.21. The Morgan fingerprint density at radius 3 is 2.68 bits per heavy atom. The monoisotopic (exact) mass is 283 g/mol. The third-order valence-corrected chi connectivity index (χ3v) is 3.26. The van der Waals surface area contributed by atoms with Crippen molar-refractivity contribution in [1.82, 2.24) is 15.2 Å². The van der Waals surface area contributed by atoms with Crippen LogP contribution in [0.1, 0.15) is 25.3 Å². The first-order valence-electron chi connectivity index (χ1n) is 6.67. The van der Waals surface area contributed by atoms with Crippen LogP contribution in [0.5, 0.6) is 0 Å². The van der Waals surface area contributed by atoms with Gasteiger partial charge in [-0.25, -0.2) is 0 Å². The Morgan fingerprint density at radius 1 is 1.42 bits per heavy atom. The second-order valence-electron chi connectivity index (χ2n) is 4.84. The van der Waals surface area contributed by atoms with E-state index in [2.05, 4.69) is 10.3 Å². The highest BCUT2D eigenvalue weighted by molar-refractivity contribution is 5.85. The van der Waals surface area contributed by atoms with E-state index in [1.54, 1.807) is 12.4 Å². The molecule has 0 unspecified atom stereocenters. The van der Waals surface area contributed by atoms with Crippen molar-refractivity contribution in [3.05, 3.63) is 30.1 Å². The molecule has 1 N–H and O–H groups in total. The zero-order chi connectivity index (χ0) is 12.8. The summed E-state index contributed by atoms with van der Waals surface area (Å²) in [4.78, 5) is 17.9. The largest absolute Gasteiger partial charge is 0.338 e. The molecule has 1 aromatic heterocycles. The molecule has 0 saturated heterocycles.